The molecule has 2 rings (SSSR count). The molecule has 1 N–H and O–H groups in total. The third-order valence-corrected chi connectivity index (χ3v) is 4.25. The summed E-state index contributed by atoms with van der Waals surface area (Å²) in [6, 6.07) is 3.30. The fourth-order valence-electron chi connectivity index (χ4n) is 2.53. The van der Waals surface area contributed by atoms with E-state index in [0.29, 0.717) is 32.7 Å². The highest BCUT2D eigenvalue weighted by atomic mass is 35.5. The highest BCUT2D eigenvalue weighted by Crippen LogP contribution is 2.35. The van der Waals surface area contributed by atoms with Crippen molar-refractivity contribution < 1.29 is 22.8 Å². The largest absolute Gasteiger partial charge is 0.417 e. The van der Waals surface area contributed by atoms with Gasteiger partial charge in [0.25, 0.3) is 0 Å². The topological polar surface area (TPSA) is 52.7 Å². The second-order valence-corrected chi connectivity index (χ2v) is 6.13. The van der Waals surface area contributed by atoms with Crippen molar-refractivity contribution in [1.82, 2.24) is 15.1 Å². The van der Waals surface area contributed by atoms with Crippen molar-refractivity contribution in [2.75, 3.05) is 32.7 Å². The average Bonchev–Trinajstić information content (AvgIpc) is 2.60. The van der Waals surface area contributed by atoms with Crippen molar-refractivity contribution >= 4 is 29.6 Å². The van der Waals surface area contributed by atoms with E-state index in [-0.39, 0.29) is 22.5 Å². The van der Waals surface area contributed by atoms with Crippen molar-refractivity contribution in [3.8, 4) is 0 Å². The number of hydrogen-bond donors (Lipinski definition) is 1. The minimum absolute atomic E-state index is 0.170. The number of amides is 3. The zero-order chi connectivity index (χ0) is 19.3. The Balaban J connectivity index is 1.97. The van der Waals surface area contributed by atoms with Gasteiger partial charge in [-0.1, -0.05) is 17.7 Å². The van der Waals surface area contributed by atoms with Crippen LogP contribution in [0.4, 0.5) is 18.0 Å². The number of halogens is 4. The van der Waals surface area contributed by atoms with Gasteiger partial charge in [0.2, 0.25) is 5.91 Å². The molecule has 1 saturated heterocycles. The number of rotatable bonds is 3. The SMILES string of the molecule is CCNC(=O)N1CCN(C(=O)/C=C/c2ccc(Cl)c(C(F)(F)F)c2)CC1. The molecule has 0 aliphatic carbocycles. The summed E-state index contributed by atoms with van der Waals surface area (Å²) in [6.45, 7) is 3.91. The first-order valence-electron chi connectivity index (χ1n) is 8.09. The van der Waals surface area contributed by atoms with Gasteiger partial charge < -0.3 is 15.1 Å². The van der Waals surface area contributed by atoms with E-state index in [9.17, 15) is 22.8 Å². The average molecular weight is 390 g/mol. The summed E-state index contributed by atoms with van der Waals surface area (Å²) in [5.41, 5.74) is -0.708. The fourth-order valence-corrected chi connectivity index (χ4v) is 2.75. The third kappa shape index (κ3) is 5.14. The van der Waals surface area contributed by atoms with Gasteiger partial charge in [0.15, 0.2) is 0 Å². The molecule has 1 fully saturated rings. The molecule has 1 aromatic carbocycles. The first-order valence-corrected chi connectivity index (χ1v) is 8.46. The van der Waals surface area contributed by atoms with E-state index in [1.165, 1.54) is 18.2 Å². The van der Waals surface area contributed by atoms with E-state index >= 15 is 0 Å². The molecule has 0 bridgehead atoms. The van der Waals surface area contributed by atoms with Crippen LogP contribution in [0.15, 0.2) is 24.3 Å². The number of piperazine rings is 1. The monoisotopic (exact) mass is 389 g/mol. The van der Waals surface area contributed by atoms with E-state index in [4.69, 9.17) is 11.6 Å². The maximum absolute atomic E-state index is 12.9. The summed E-state index contributed by atoms with van der Waals surface area (Å²) >= 11 is 5.57. The minimum Gasteiger partial charge on any atom is -0.338 e. The van der Waals surface area contributed by atoms with Crippen molar-refractivity contribution in [1.29, 1.82) is 0 Å². The van der Waals surface area contributed by atoms with Crippen LogP contribution in [0, 0.1) is 0 Å². The highest BCUT2D eigenvalue weighted by Gasteiger charge is 2.33. The number of nitrogens with one attached hydrogen (secondary N) is 1. The molecule has 3 amide bonds. The van der Waals surface area contributed by atoms with Crippen LogP contribution < -0.4 is 5.32 Å². The second kappa shape index (κ2) is 8.44. The number of benzene rings is 1. The van der Waals surface area contributed by atoms with E-state index in [2.05, 4.69) is 5.32 Å². The Bertz CT molecular complexity index is 699. The normalized spacial score (nSPS) is 15.4. The van der Waals surface area contributed by atoms with Crippen LogP contribution in [0.25, 0.3) is 6.08 Å². The van der Waals surface area contributed by atoms with Crippen LogP contribution in [0.5, 0.6) is 0 Å². The van der Waals surface area contributed by atoms with Crippen LogP contribution in [-0.4, -0.2) is 54.5 Å². The molecule has 0 radical (unpaired) electrons. The first kappa shape index (κ1) is 20.1. The maximum Gasteiger partial charge on any atom is 0.417 e. The Morgan fingerprint density at radius 3 is 2.38 bits per heavy atom. The Kier molecular flexibility index (Phi) is 6.52. The summed E-state index contributed by atoms with van der Waals surface area (Å²) in [4.78, 5) is 27.1. The van der Waals surface area contributed by atoms with Gasteiger partial charge >= 0.3 is 12.2 Å². The first-order chi connectivity index (χ1) is 12.2. The zero-order valence-electron chi connectivity index (χ0n) is 14.1. The van der Waals surface area contributed by atoms with Crippen LogP contribution >= 0.6 is 11.6 Å². The maximum atomic E-state index is 12.9. The van der Waals surface area contributed by atoms with Crippen molar-refractivity contribution in [3.63, 3.8) is 0 Å². The standard InChI is InChI=1S/C17H19ClF3N3O2/c1-2-22-16(26)24-9-7-23(8-10-24)15(25)6-4-12-3-5-14(18)13(11-12)17(19,20)21/h3-6,11H,2,7-10H2,1H3,(H,22,26)/b6-4+. The van der Waals surface area contributed by atoms with Crippen molar-refractivity contribution in [2.45, 2.75) is 13.1 Å². The van der Waals surface area contributed by atoms with Crippen LogP contribution in [0.1, 0.15) is 18.1 Å². The number of carbonyl (C=O) groups excluding carboxylic acids is 2. The van der Waals surface area contributed by atoms with Crippen molar-refractivity contribution in [2.24, 2.45) is 0 Å². The molecule has 1 aliphatic heterocycles. The molecule has 0 aromatic heterocycles. The van der Waals surface area contributed by atoms with E-state index in [1.54, 1.807) is 9.80 Å². The van der Waals surface area contributed by atoms with Gasteiger partial charge in [0.05, 0.1) is 10.6 Å². The van der Waals surface area contributed by atoms with E-state index < -0.39 is 11.7 Å². The number of carbonyl (C=O) groups is 2. The molecule has 142 valence electrons. The van der Waals surface area contributed by atoms with Gasteiger partial charge in [0.1, 0.15) is 0 Å². The molecule has 1 aromatic rings. The molecule has 26 heavy (non-hydrogen) atoms. The number of alkyl halides is 3. The predicted molar refractivity (Wildman–Crippen MR) is 92.7 cm³/mol. The molecule has 0 saturated carbocycles. The Labute approximate surface area is 154 Å². The lowest BCUT2D eigenvalue weighted by atomic mass is 10.1. The summed E-state index contributed by atoms with van der Waals surface area (Å²) in [5, 5.41) is 2.31. The van der Waals surface area contributed by atoms with Crippen LogP contribution in [0.2, 0.25) is 5.02 Å². The number of nitrogens with zero attached hydrogens (tertiary/aromatic N) is 2. The molecule has 9 heteroatoms. The number of urea groups is 1. The van der Waals surface area contributed by atoms with E-state index in [0.717, 1.165) is 12.1 Å². The van der Waals surface area contributed by atoms with Gasteiger partial charge in [-0.25, -0.2) is 4.79 Å². The molecule has 0 unspecified atom stereocenters. The Morgan fingerprint density at radius 2 is 1.81 bits per heavy atom. The summed E-state index contributed by atoms with van der Waals surface area (Å²) in [6.07, 6.45) is -2.00. The Morgan fingerprint density at radius 1 is 1.19 bits per heavy atom. The molecule has 5 nitrogen and oxygen atoms in total. The molecular formula is C17H19ClF3N3O2. The van der Waals surface area contributed by atoms with Gasteiger partial charge in [0, 0.05) is 38.8 Å². The summed E-state index contributed by atoms with van der Waals surface area (Å²) < 4.78 is 38.6. The minimum atomic E-state index is -4.56. The zero-order valence-corrected chi connectivity index (χ0v) is 14.9. The second-order valence-electron chi connectivity index (χ2n) is 5.72. The lowest BCUT2D eigenvalue weighted by molar-refractivity contribution is -0.137. The molecule has 1 heterocycles. The summed E-state index contributed by atoms with van der Waals surface area (Å²) in [7, 11) is 0. The van der Waals surface area contributed by atoms with Gasteiger partial charge in [-0.2, -0.15) is 13.2 Å². The number of hydrogen-bond acceptors (Lipinski definition) is 2. The lowest BCUT2D eigenvalue weighted by Gasteiger charge is -2.34. The fraction of sp³-hybridized carbons (Fsp3) is 0.412. The third-order valence-electron chi connectivity index (χ3n) is 3.92. The highest BCUT2D eigenvalue weighted by molar-refractivity contribution is 6.31. The smallest absolute Gasteiger partial charge is 0.338 e. The van der Waals surface area contributed by atoms with Crippen molar-refractivity contribution in [3.05, 3.63) is 40.4 Å². The van der Waals surface area contributed by atoms with Gasteiger partial charge in [-0.15, -0.1) is 0 Å². The lowest BCUT2D eigenvalue weighted by Crippen LogP contribution is -2.52. The molecule has 1 aliphatic rings. The van der Waals surface area contributed by atoms with E-state index in [1.807, 2.05) is 6.92 Å². The Hall–Kier alpha value is -2.22. The quantitative estimate of drug-likeness (QED) is 0.807. The van der Waals surface area contributed by atoms with Crippen LogP contribution in [0.3, 0.4) is 0 Å². The molecule has 0 spiro atoms. The van der Waals surface area contributed by atoms with Crippen LogP contribution in [-0.2, 0) is 11.0 Å². The summed E-state index contributed by atoms with van der Waals surface area (Å²) in [5.74, 6) is -0.316. The predicted octanol–water partition coefficient (Wildman–Crippen LogP) is 3.25. The molecular weight excluding hydrogens is 371 g/mol. The molecule has 0 atom stereocenters. The van der Waals surface area contributed by atoms with Gasteiger partial charge in [-0.05, 0) is 30.7 Å². The van der Waals surface area contributed by atoms with Gasteiger partial charge in [-0.3, -0.25) is 4.79 Å².